The fourth-order valence-corrected chi connectivity index (χ4v) is 4.53. The van der Waals surface area contributed by atoms with Gasteiger partial charge in [0.15, 0.2) is 0 Å². The van der Waals surface area contributed by atoms with Crippen molar-refractivity contribution in [3.05, 3.63) is 101 Å². The first-order valence-corrected chi connectivity index (χ1v) is 11.9. The van der Waals surface area contributed by atoms with Crippen molar-refractivity contribution in [2.45, 2.75) is 24.9 Å². The van der Waals surface area contributed by atoms with E-state index in [1.807, 2.05) is 78.9 Å². The van der Waals surface area contributed by atoms with E-state index >= 15 is 0 Å². The van der Waals surface area contributed by atoms with E-state index < -0.39 is 12.1 Å². The van der Waals surface area contributed by atoms with Crippen molar-refractivity contribution in [2.24, 2.45) is 15.7 Å². The molecule has 5 rings (SSSR count). The van der Waals surface area contributed by atoms with E-state index in [1.54, 1.807) is 0 Å². The predicted molar refractivity (Wildman–Crippen MR) is 140 cm³/mol. The van der Waals surface area contributed by atoms with Gasteiger partial charge in [0.25, 0.3) is 11.9 Å². The quantitative estimate of drug-likeness (QED) is 0.384. The molecule has 3 aromatic rings. The first-order chi connectivity index (χ1) is 17.6. The van der Waals surface area contributed by atoms with Crippen molar-refractivity contribution in [1.82, 2.24) is 0 Å². The lowest BCUT2D eigenvalue weighted by molar-refractivity contribution is -0.117. The second kappa shape index (κ2) is 10.5. The molecule has 1 amide bonds. The van der Waals surface area contributed by atoms with Crippen molar-refractivity contribution in [3.8, 4) is 0 Å². The normalized spacial score (nSPS) is 18.4. The number of nitrogens with zero attached hydrogens (tertiary/aromatic N) is 2. The minimum absolute atomic E-state index is 0.122. The number of ether oxygens (including phenoxy) is 2. The molecule has 2 aliphatic heterocycles. The molecule has 8 heteroatoms. The van der Waals surface area contributed by atoms with Gasteiger partial charge in [-0.2, -0.15) is 4.99 Å². The van der Waals surface area contributed by atoms with Crippen molar-refractivity contribution in [2.75, 3.05) is 18.5 Å². The molecule has 8 nitrogen and oxygen atoms in total. The van der Waals surface area contributed by atoms with Gasteiger partial charge in [0, 0.05) is 29.9 Å². The Morgan fingerprint density at radius 1 is 1.00 bits per heavy atom. The van der Waals surface area contributed by atoms with Gasteiger partial charge in [-0.15, -0.1) is 0 Å². The van der Waals surface area contributed by atoms with Crippen LogP contribution in [0.25, 0.3) is 0 Å². The molecule has 0 bridgehead atoms. The molecule has 3 aromatic carbocycles. The average molecular weight is 482 g/mol. The number of amidine groups is 1. The molecule has 2 heterocycles. The van der Waals surface area contributed by atoms with Crippen molar-refractivity contribution in [1.29, 1.82) is 5.41 Å². The van der Waals surface area contributed by atoms with Gasteiger partial charge in [0.2, 0.25) is 12.1 Å². The highest BCUT2D eigenvalue weighted by molar-refractivity contribution is 6.19. The lowest BCUT2D eigenvalue weighted by atomic mass is 9.88. The number of nitrogens with two attached hydrogens (primary N) is 1. The van der Waals surface area contributed by atoms with Gasteiger partial charge < -0.3 is 20.5 Å². The van der Waals surface area contributed by atoms with Gasteiger partial charge in [0.05, 0.1) is 11.4 Å². The van der Waals surface area contributed by atoms with E-state index in [0.717, 1.165) is 29.5 Å². The number of fused-ring (bicyclic) bond motifs is 1. The van der Waals surface area contributed by atoms with Crippen LogP contribution in [0.15, 0.2) is 88.8 Å². The van der Waals surface area contributed by atoms with Gasteiger partial charge >= 0.3 is 0 Å². The largest absolute Gasteiger partial charge is 0.407 e. The second-order valence-corrected chi connectivity index (χ2v) is 8.62. The van der Waals surface area contributed by atoms with E-state index in [2.05, 4.69) is 15.3 Å². The lowest BCUT2D eigenvalue weighted by Gasteiger charge is -2.24. The molecule has 36 heavy (non-hydrogen) atoms. The molecule has 1 fully saturated rings. The topological polar surface area (TPSA) is 122 Å². The van der Waals surface area contributed by atoms with Crippen molar-refractivity contribution in [3.63, 3.8) is 0 Å². The Hall–Kier alpha value is -4.30. The molecule has 0 radical (unpaired) electrons. The molecular formula is C28H27N5O3. The maximum atomic E-state index is 13.0. The Bertz CT molecular complexity index is 1330. The number of para-hydroxylation sites is 1. The Kier molecular flexibility index (Phi) is 6.86. The van der Waals surface area contributed by atoms with E-state index in [-0.39, 0.29) is 17.8 Å². The molecule has 0 aliphatic carbocycles. The van der Waals surface area contributed by atoms with E-state index in [4.69, 9.17) is 20.6 Å². The summed E-state index contributed by atoms with van der Waals surface area (Å²) in [5.74, 6) is -0.279. The molecular weight excluding hydrogens is 454 g/mol. The maximum absolute atomic E-state index is 13.0. The molecule has 2 aliphatic rings. The number of benzodiazepines with no additional fused rings is 1. The molecule has 182 valence electrons. The number of hydrogen-bond acceptors (Lipinski definition) is 6. The van der Waals surface area contributed by atoms with Gasteiger partial charge in [-0.05, 0) is 36.5 Å². The van der Waals surface area contributed by atoms with Crippen LogP contribution >= 0.6 is 0 Å². The fourth-order valence-electron chi connectivity index (χ4n) is 4.53. The molecule has 1 unspecified atom stereocenters. The summed E-state index contributed by atoms with van der Waals surface area (Å²) in [5, 5.41) is 11.4. The molecule has 0 saturated carbocycles. The third-order valence-electron chi connectivity index (χ3n) is 6.30. The summed E-state index contributed by atoms with van der Waals surface area (Å²) in [4.78, 5) is 21.9. The minimum Gasteiger partial charge on any atom is -0.407 e. The first-order valence-electron chi connectivity index (χ1n) is 11.9. The van der Waals surface area contributed by atoms with E-state index in [1.165, 1.54) is 0 Å². The van der Waals surface area contributed by atoms with Crippen molar-refractivity contribution >= 4 is 29.2 Å². The summed E-state index contributed by atoms with van der Waals surface area (Å²) >= 11 is 0. The highest BCUT2D eigenvalue weighted by atomic mass is 16.5. The maximum Gasteiger partial charge on any atom is 0.291 e. The van der Waals surface area contributed by atoms with Crippen molar-refractivity contribution < 1.29 is 14.3 Å². The zero-order valence-electron chi connectivity index (χ0n) is 19.7. The van der Waals surface area contributed by atoms with E-state index in [0.29, 0.717) is 30.2 Å². The fraction of sp³-hybridized carbons (Fsp3) is 0.214. The number of benzene rings is 3. The molecule has 1 atom stereocenters. The summed E-state index contributed by atoms with van der Waals surface area (Å²) in [7, 11) is 0. The number of aliphatic imine (C=N–C) groups is 2. The van der Waals surface area contributed by atoms with Crippen LogP contribution in [0, 0.1) is 5.41 Å². The molecule has 0 aromatic heterocycles. The van der Waals surface area contributed by atoms with Crippen LogP contribution in [-0.4, -0.2) is 42.9 Å². The number of anilines is 1. The van der Waals surface area contributed by atoms with Crippen LogP contribution in [0.2, 0.25) is 0 Å². The third kappa shape index (κ3) is 5.04. The summed E-state index contributed by atoms with van der Waals surface area (Å²) in [6, 6.07) is 24.4. The summed E-state index contributed by atoms with van der Waals surface area (Å²) in [5.41, 5.74) is 10.6. The van der Waals surface area contributed by atoms with Crippen LogP contribution < -0.4 is 11.1 Å². The zero-order chi connectivity index (χ0) is 24.9. The van der Waals surface area contributed by atoms with Gasteiger partial charge in [-0.3, -0.25) is 10.2 Å². The zero-order valence-corrected chi connectivity index (χ0v) is 19.7. The van der Waals surface area contributed by atoms with Crippen LogP contribution in [0.5, 0.6) is 0 Å². The number of amides is 1. The van der Waals surface area contributed by atoms with Gasteiger partial charge in [0.1, 0.15) is 0 Å². The van der Waals surface area contributed by atoms with Crippen LogP contribution in [0.1, 0.15) is 41.0 Å². The minimum atomic E-state index is -1.17. The number of hydrogen-bond donors (Lipinski definition) is 3. The number of carbonyl (C=O) groups excluding carboxylic acids is 1. The Morgan fingerprint density at radius 3 is 2.50 bits per heavy atom. The smallest absolute Gasteiger partial charge is 0.291 e. The number of nitrogens with one attached hydrogen (secondary N) is 2. The Labute approximate surface area is 209 Å². The molecule has 4 N–H and O–H groups in total. The van der Waals surface area contributed by atoms with Crippen LogP contribution in [0.4, 0.5) is 5.69 Å². The van der Waals surface area contributed by atoms with Crippen LogP contribution in [-0.2, 0) is 14.3 Å². The highest BCUT2D eigenvalue weighted by Crippen LogP contribution is 2.30. The van der Waals surface area contributed by atoms with Crippen LogP contribution in [0.3, 0.4) is 0 Å². The number of carbonyl (C=O) groups is 1. The predicted octanol–water partition coefficient (Wildman–Crippen LogP) is 4.05. The summed E-state index contributed by atoms with van der Waals surface area (Å²) < 4.78 is 11.1. The Balaban J connectivity index is 1.43. The standard InChI is InChI=1S/C28H27N5O3/c29-25(21-11-5-4-10-20(21)18-14-16-35-17-15-18)36-28(30)33-26-27(34)31-23-13-7-6-12-22(23)24(32-26)19-8-2-1-3-9-19/h1-13,18,26,29H,14-17H2,(H2,30,33)(H,31,34). The highest BCUT2D eigenvalue weighted by Gasteiger charge is 2.26. The first kappa shape index (κ1) is 23.4. The molecule has 0 spiro atoms. The summed E-state index contributed by atoms with van der Waals surface area (Å²) in [6.45, 7) is 1.38. The summed E-state index contributed by atoms with van der Waals surface area (Å²) in [6.07, 6.45) is 0.590. The number of rotatable bonds is 4. The second-order valence-electron chi connectivity index (χ2n) is 8.62. The lowest BCUT2D eigenvalue weighted by Crippen LogP contribution is -2.29. The van der Waals surface area contributed by atoms with Gasteiger partial charge in [-0.1, -0.05) is 66.7 Å². The monoisotopic (exact) mass is 481 g/mol. The van der Waals surface area contributed by atoms with Gasteiger partial charge in [-0.25, -0.2) is 4.99 Å². The average Bonchev–Trinajstić information content (AvgIpc) is 3.05. The Morgan fingerprint density at radius 2 is 1.69 bits per heavy atom. The van der Waals surface area contributed by atoms with E-state index in [9.17, 15) is 4.79 Å². The third-order valence-corrected chi connectivity index (χ3v) is 6.30. The molecule has 1 saturated heterocycles. The SMILES string of the molecule is N=C(OC(N)=NC1N=C(c2ccccc2)c2ccccc2NC1=O)c1ccccc1C1CCOCC1.